The van der Waals surface area contributed by atoms with E-state index in [0.29, 0.717) is 17.8 Å². The summed E-state index contributed by atoms with van der Waals surface area (Å²) in [4.78, 5) is 20.7. The van der Waals surface area contributed by atoms with Gasteiger partial charge < -0.3 is 10.1 Å². The first-order valence-corrected chi connectivity index (χ1v) is 7.05. The molecular weight excluding hydrogens is 274 g/mol. The number of fused-ring (bicyclic) bond motifs is 1. The maximum atomic E-state index is 9.72. The molecule has 7 heteroatoms. The van der Waals surface area contributed by atoms with Gasteiger partial charge in [-0.2, -0.15) is 0 Å². The van der Waals surface area contributed by atoms with Crippen molar-refractivity contribution < 1.29 is 5.11 Å². The Kier molecular flexibility index (Phi) is 3.62. The molecule has 0 aromatic carbocycles. The first kappa shape index (κ1) is 13.0. The summed E-state index contributed by atoms with van der Waals surface area (Å²) >= 11 is 1.48. The first-order valence-electron chi connectivity index (χ1n) is 6.24. The fourth-order valence-electron chi connectivity index (χ4n) is 1.79. The van der Waals surface area contributed by atoms with Crippen LogP contribution in [0.4, 0.5) is 0 Å². The van der Waals surface area contributed by atoms with Crippen LogP contribution in [0.15, 0.2) is 40.9 Å². The molecule has 0 unspecified atom stereocenters. The number of aromatic nitrogens is 5. The van der Waals surface area contributed by atoms with Gasteiger partial charge in [0.15, 0.2) is 5.65 Å². The second kappa shape index (κ2) is 5.56. The summed E-state index contributed by atoms with van der Waals surface area (Å²) in [6.07, 6.45) is 4.98. The number of rotatable bonds is 4. The van der Waals surface area contributed by atoms with Gasteiger partial charge in [-0.25, -0.2) is 15.0 Å². The van der Waals surface area contributed by atoms with Gasteiger partial charge in [-0.3, -0.25) is 4.98 Å². The molecule has 0 saturated carbocycles. The Morgan fingerprint density at radius 2 is 2.15 bits per heavy atom. The van der Waals surface area contributed by atoms with Crippen molar-refractivity contribution in [3.8, 4) is 0 Å². The molecule has 0 bridgehead atoms. The Morgan fingerprint density at radius 3 is 2.90 bits per heavy atom. The van der Waals surface area contributed by atoms with Gasteiger partial charge in [0.25, 0.3) is 0 Å². The smallest absolute Gasteiger partial charge is 0.181 e. The van der Waals surface area contributed by atoms with Gasteiger partial charge in [-0.1, -0.05) is 18.7 Å². The van der Waals surface area contributed by atoms with Crippen molar-refractivity contribution in [3.05, 3.63) is 36.7 Å². The van der Waals surface area contributed by atoms with Crippen LogP contribution in [-0.4, -0.2) is 30.0 Å². The molecule has 0 spiro atoms. The van der Waals surface area contributed by atoms with Gasteiger partial charge in [0.2, 0.25) is 0 Å². The van der Waals surface area contributed by atoms with Crippen molar-refractivity contribution in [2.45, 2.75) is 29.4 Å². The van der Waals surface area contributed by atoms with Crippen LogP contribution in [0.1, 0.15) is 25.1 Å². The van der Waals surface area contributed by atoms with Gasteiger partial charge in [-0.15, -0.1) is 0 Å². The van der Waals surface area contributed by atoms with E-state index in [4.69, 9.17) is 0 Å². The SMILES string of the molecule is CC[C@H](O)c1ccc(Sc2ncnc3nc[nH]c23)cn1. The van der Waals surface area contributed by atoms with E-state index in [1.807, 2.05) is 19.1 Å². The lowest BCUT2D eigenvalue weighted by Crippen LogP contribution is -1.98. The number of aliphatic hydroxyl groups excluding tert-OH is 1. The topological polar surface area (TPSA) is 87.6 Å². The van der Waals surface area contributed by atoms with E-state index >= 15 is 0 Å². The first-order chi connectivity index (χ1) is 9.78. The van der Waals surface area contributed by atoms with Gasteiger partial charge in [0.1, 0.15) is 16.9 Å². The molecule has 3 aromatic heterocycles. The van der Waals surface area contributed by atoms with Crippen LogP contribution in [0.5, 0.6) is 0 Å². The highest BCUT2D eigenvalue weighted by Gasteiger charge is 2.09. The van der Waals surface area contributed by atoms with Crippen molar-refractivity contribution in [2.24, 2.45) is 0 Å². The van der Waals surface area contributed by atoms with Crippen LogP contribution in [0.2, 0.25) is 0 Å². The molecule has 0 fully saturated rings. The average molecular weight is 287 g/mol. The van der Waals surface area contributed by atoms with Crippen molar-refractivity contribution in [3.63, 3.8) is 0 Å². The van der Waals surface area contributed by atoms with Crippen molar-refractivity contribution in [1.29, 1.82) is 0 Å². The second-order valence-corrected chi connectivity index (χ2v) is 5.29. The summed E-state index contributed by atoms with van der Waals surface area (Å²) in [5.41, 5.74) is 2.15. The fourth-order valence-corrected chi connectivity index (χ4v) is 2.61. The third kappa shape index (κ3) is 2.50. The number of nitrogens with one attached hydrogen (secondary N) is 1. The maximum Gasteiger partial charge on any atom is 0.181 e. The van der Waals surface area contributed by atoms with Crippen molar-refractivity contribution in [2.75, 3.05) is 0 Å². The number of nitrogens with zero attached hydrogens (tertiary/aromatic N) is 4. The lowest BCUT2D eigenvalue weighted by Gasteiger charge is -2.07. The zero-order valence-corrected chi connectivity index (χ0v) is 11.6. The van der Waals surface area contributed by atoms with Gasteiger partial charge >= 0.3 is 0 Å². The standard InChI is InChI=1S/C13H13N5OS/c1-2-10(19)9-4-3-8(5-14-9)20-13-11-12(16-6-15-11)17-7-18-13/h3-7,10,19H,2H2,1H3,(H,15,16,17,18)/t10-/m0/s1. The molecule has 3 rings (SSSR count). The zero-order valence-electron chi connectivity index (χ0n) is 10.8. The maximum absolute atomic E-state index is 9.72. The zero-order chi connectivity index (χ0) is 13.9. The molecule has 102 valence electrons. The third-order valence-corrected chi connectivity index (χ3v) is 3.87. The van der Waals surface area contributed by atoms with Crippen molar-refractivity contribution in [1.82, 2.24) is 24.9 Å². The van der Waals surface area contributed by atoms with E-state index in [1.165, 1.54) is 18.1 Å². The van der Waals surface area contributed by atoms with E-state index in [9.17, 15) is 5.11 Å². The molecule has 0 aliphatic carbocycles. The third-order valence-electron chi connectivity index (χ3n) is 2.89. The van der Waals surface area contributed by atoms with Gasteiger partial charge in [0, 0.05) is 11.1 Å². The van der Waals surface area contributed by atoms with Gasteiger partial charge in [0.05, 0.1) is 18.1 Å². The van der Waals surface area contributed by atoms with E-state index < -0.39 is 6.10 Å². The number of pyridine rings is 1. The van der Waals surface area contributed by atoms with Crippen LogP contribution >= 0.6 is 11.8 Å². The molecule has 0 radical (unpaired) electrons. The molecular formula is C13H13N5OS. The Hall–Kier alpha value is -1.99. The molecule has 20 heavy (non-hydrogen) atoms. The number of hydrogen-bond donors (Lipinski definition) is 2. The summed E-state index contributed by atoms with van der Waals surface area (Å²) in [6.45, 7) is 1.92. The number of aromatic amines is 1. The lowest BCUT2D eigenvalue weighted by molar-refractivity contribution is 0.169. The molecule has 2 N–H and O–H groups in total. The Balaban J connectivity index is 1.86. The predicted molar refractivity (Wildman–Crippen MR) is 75.3 cm³/mol. The Bertz CT molecular complexity index is 712. The highest BCUT2D eigenvalue weighted by atomic mass is 32.2. The van der Waals surface area contributed by atoms with Crippen molar-refractivity contribution >= 4 is 22.9 Å². The van der Waals surface area contributed by atoms with Crippen LogP contribution in [0.3, 0.4) is 0 Å². The second-order valence-electron chi connectivity index (χ2n) is 4.22. The van der Waals surface area contributed by atoms with Crippen LogP contribution < -0.4 is 0 Å². The summed E-state index contributed by atoms with van der Waals surface area (Å²) < 4.78 is 0. The van der Waals surface area contributed by atoms with Gasteiger partial charge in [-0.05, 0) is 18.6 Å². The molecule has 0 aliphatic heterocycles. The van der Waals surface area contributed by atoms with E-state index in [0.717, 1.165) is 15.4 Å². The summed E-state index contributed by atoms with van der Waals surface area (Å²) in [5, 5.41) is 10.5. The van der Waals surface area contributed by atoms with Crippen LogP contribution in [0.25, 0.3) is 11.2 Å². The van der Waals surface area contributed by atoms with E-state index in [1.54, 1.807) is 12.5 Å². The Morgan fingerprint density at radius 1 is 1.25 bits per heavy atom. The summed E-state index contributed by atoms with van der Waals surface area (Å²) in [6, 6.07) is 3.76. The minimum Gasteiger partial charge on any atom is -0.387 e. The number of imidazole rings is 1. The lowest BCUT2D eigenvalue weighted by atomic mass is 10.2. The quantitative estimate of drug-likeness (QED) is 0.716. The largest absolute Gasteiger partial charge is 0.387 e. The van der Waals surface area contributed by atoms with E-state index in [-0.39, 0.29) is 0 Å². The summed E-state index contributed by atoms with van der Waals surface area (Å²) in [7, 11) is 0. The highest BCUT2D eigenvalue weighted by Crippen LogP contribution is 2.29. The molecule has 3 aromatic rings. The average Bonchev–Trinajstić information content (AvgIpc) is 2.97. The molecule has 0 aliphatic rings. The monoisotopic (exact) mass is 287 g/mol. The van der Waals surface area contributed by atoms with Crippen LogP contribution in [0, 0.1) is 0 Å². The molecule has 3 heterocycles. The summed E-state index contributed by atoms with van der Waals surface area (Å²) in [5.74, 6) is 0. The minimum absolute atomic E-state index is 0.507. The normalized spacial score (nSPS) is 12.7. The number of hydrogen-bond acceptors (Lipinski definition) is 6. The highest BCUT2D eigenvalue weighted by molar-refractivity contribution is 7.99. The molecule has 0 saturated heterocycles. The number of H-pyrrole nitrogens is 1. The van der Waals surface area contributed by atoms with Crippen LogP contribution in [-0.2, 0) is 0 Å². The fraction of sp³-hybridized carbons (Fsp3) is 0.231. The molecule has 0 amide bonds. The number of aliphatic hydroxyl groups is 1. The molecule has 6 nitrogen and oxygen atoms in total. The van der Waals surface area contributed by atoms with E-state index in [2.05, 4.69) is 24.9 Å². The minimum atomic E-state index is -0.507. The predicted octanol–water partition coefficient (Wildman–Crippen LogP) is 2.34. The Labute approximate surface area is 119 Å². The molecule has 1 atom stereocenters.